The number of hydrogen-bond acceptors (Lipinski definition) is 4. The highest BCUT2D eigenvalue weighted by atomic mass is 32.1. The molecule has 4 nitrogen and oxygen atoms in total. The van der Waals surface area contributed by atoms with Crippen molar-refractivity contribution in [3.05, 3.63) is 59.7 Å². The maximum atomic E-state index is 13.5. The van der Waals surface area contributed by atoms with E-state index in [-0.39, 0.29) is 11.7 Å². The molecule has 3 rings (SSSR count). The Hall–Kier alpha value is -2.38. The van der Waals surface area contributed by atoms with Gasteiger partial charge in [0.25, 0.3) is 5.91 Å². The third kappa shape index (κ3) is 4.23. The van der Waals surface area contributed by atoms with Crippen molar-refractivity contribution in [2.24, 2.45) is 0 Å². The molecule has 1 aromatic heterocycles. The maximum absolute atomic E-state index is 13.5. The van der Waals surface area contributed by atoms with Crippen molar-refractivity contribution in [2.75, 3.05) is 32.1 Å². The Morgan fingerprint density at radius 2 is 1.73 bits per heavy atom. The van der Waals surface area contributed by atoms with Gasteiger partial charge in [0.15, 0.2) is 5.13 Å². The largest absolute Gasteiger partial charge is 0.309 e. The fourth-order valence-electron chi connectivity index (χ4n) is 2.58. The summed E-state index contributed by atoms with van der Waals surface area (Å²) in [5.74, 6) is -0.976. The maximum Gasteiger partial charge on any atom is 0.260 e. The van der Waals surface area contributed by atoms with E-state index in [9.17, 15) is 13.6 Å². The molecule has 2 aromatic carbocycles. The highest BCUT2D eigenvalue weighted by molar-refractivity contribution is 7.22. The number of nitrogens with zero attached hydrogens (tertiary/aromatic N) is 3. The summed E-state index contributed by atoms with van der Waals surface area (Å²) >= 11 is 1.27. The molecule has 0 N–H and O–H groups in total. The van der Waals surface area contributed by atoms with Crippen LogP contribution in [-0.2, 0) is 0 Å². The number of carbonyl (C=O) groups excluding carboxylic acids is 1. The summed E-state index contributed by atoms with van der Waals surface area (Å²) in [6.07, 6.45) is 0.754. The topological polar surface area (TPSA) is 36.4 Å². The van der Waals surface area contributed by atoms with E-state index in [1.807, 2.05) is 19.0 Å². The van der Waals surface area contributed by atoms with Crippen LogP contribution < -0.4 is 4.90 Å². The van der Waals surface area contributed by atoms with E-state index >= 15 is 0 Å². The molecule has 0 aliphatic heterocycles. The minimum atomic E-state index is -0.392. The van der Waals surface area contributed by atoms with Crippen molar-refractivity contribution >= 4 is 32.6 Å². The van der Waals surface area contributed by atoms with Gasteiger partial charge in [-0.05, 0) is 69.5 Å². The van der Waals surface area contributed by atoms with Crippen molar-refractivity contribution in [1.82, 2.24) is 9.88 Å². The molecular weight excluding hydrogens is 356 g/mol. The van der Waals surface area contributed by atoms with Crippen molar-refractivity contribution in [1.29, 1.82) is 0 Å². The molecule has 136 valence electrons. The molecule has 0 bridgehead atoms. The molecule has 3 aromatic rings. The number of halogens is 2. The lowest BCUT2D eigenvalue weighted by Crippen LogP contribution is -2.33. The predicted octanol–water partition coefficient (Wildman–Crippen LogP) is 4.17. The first-order valence-corrected chi connectivity index (χ1v) is 9.04. The third-order valence-corrected chi connectivity index (χ3v) is 4.93. The predicted molar refractivity (Wildman–Crippen MR) is 101 cm³/mol. The molecule has 0 unspecified atom stereocenters. The first kappa shape index (κ1) is 18.4. The van der Waals surface area contributed by atoms with Crippen molar-refractivity contribution < 1.29 is 13.6 Å². The smallest absolute Gasteiger partial charge is 0.260 e. The van der Waals surface area contributed by atoms with Crippen LogP contribution in [0.25, 0.3) is 10.2 Å². The summed E-state index contributed by atoms with van der Waals surface area (Å²) in [4.78, 5) is 21.1. The Morgan fingerprint density at radius 3 is 2.42 bits per heavy atom. The quantitative estimate of drug-likeness (QED) is 0.649. The average Bonchev–Trinajstić information content (AvgIpc) is 3.01. The summed E-state index contributed by atoms with van der Waals surface area (Å²) in [5, 5.41) is 0.513. The number of aromatic nitrogens is 1. The van der Waals surface area contributed by atoms with E-state index < -0.39 is 5.82 Å². The van der Waals surface area contributed by atoms with E-state index in [1.54, 1.807) is 11.0 Å². The molecule has 1 amide bonds. The molecule has 0 fully saturated rings. The summed E-state index contributed by atoms with van der Waals surface area (Å²) in [6.45, 7) is 1.28. The zero-order valence-electron chi connectivity index (χ0n) is 14.6. The number of carbonyl (C=O) groups is 1. The van der Waals surface area contributed by atoms with Crippen LogP contribution in [0.15, 0.2) is 42.5 Å². The van der Waals surface area contributed by atoms with Crippen LogP contribution in [0.4, 0.5) is 13.9 Å². The van der Waals surface area contributed by atoms with Gasteiger partial charge in [0, 0.05) is 12.1 Å². The van der Waals surface area contributed by atoms with Crippen molar-refractivity contribution in [3.63, 3.8) is 0 Å². The van der Waals surface area contributed by atoms with E-state index in [1.165, 1.54) is 47.7 Å². The van der Waals surface area contributed by atoms with Crippen molar-refractivity contribution in [2.45, 2.75) is 6.42 Å². The minimum Gasteiger partial charge on any atom is -0.309 e. The Bertz CT molecular complexity index is 909. The van der Waals surface area contributed by atoms with Gasteiger partial charge in [0.05, 0.1) is 10.2 Å². The Labute approximate surface area is 154 Å². The van der Waals surface area contributed by atoms with Gasteiger partial charge in [-0.15, -0.1) is 0 Å². The van der Waals surface area contributed by atoms with Crippen LogP contribution in [-0.4, -0.2) is 43.0 Å². The Kier molecular flexibility index (Phi) is 5.58. The van der Waals surface area contributed by atoms with E-state index in [0.717, 1.165) is 13.0 Å². The molecule has 7 heteroatoms. The van der Waals surface area contributed by atoms with Crippen LogP contribution in [0.1, 0.15) is 16.8 Å². The first-order valence-electron chi connectivity index (χ1n) is 8.22. The summed E-state index contributed by atoms with van der Waals surface area (Å²) in [7, 11) is 3.93. The fourth-order valence-corrected chi connectivity index (χ4v) is 3.59. The average molecular weight is 375 g/mol. The van der Waals surface area contributed by atoms with Crippen LogP contribution in [0.3, 0.4) is 0 Å². The van der Waals surface area contributed by atoms with Crippen LogP contribution in [0.2, 0.25) is 0 Å². The summed E-state index contributed by atoms with van der Waals surface area (Å²) in [6, 6.07) is 9.82. The number of anilines is 1. The standard InChI is InChI=1S/C19H19F2N3OS/c1-23(2)10-3-11-24(18(25)13-4-6-14(20)7-5-13)19-22-16-9-8-15(21)12-17(16)26-19/h4-9,12H,3,10-11H2,1-2H3. The summed E-state index contributed by atoms with van der Waals surface area (Å²) < 4.78 is 27.3. The molecule has 0 saturated heterocycles. The molecule has 0 atom stereocenters. The van der Waals surface area contributed by atoms with Crippen LogP contribution >= 0.6 is 11.3 Å². The highest BCUT2D eigenvalue weighted by Gasteiger charge is 2.21. The molecule has 0 saturated carbocycles. The van der Waals surface area contributed by atoms with E-state index in [4.69, 9.17) is 0 Å². The van der Waals surface area contributed by atoms with Gasteiger partial charge in [-0.25, -0.2) is 13.8 Å². The Balaban J connectivity index is 1.92. The second-order valence-corrected chi connectivity index (χ2v) is 7.24. The number of rotatable bonds is 6. The molecule has 1 heterocycles. The molecule has 0 aliphatic carbocycles. The first-order chi connectivity index (χ1) is 12.4. The third-order valence-electron chi connectivity index (χ3n) is 3.89. The second kappa shape index (κ2) is 7.88. The van der Waals surface area contributed by atoms with Gasteiger partial charge in [-0.2, -0.15) is 0 Å². The lowest BCUT2D eigenvalue weighted by molar-refractivity contribution is 0.0986. The van der Waals surface area contributed by atoms with Gasteiger partial charge >= 0.3 is 0 Å². The lowest BCUT2D eigenvalue weighted by Gasteiger charge is -2.21. The SMILES string of the molecule is CN(C)CCCN(C(=O)c1ccc(F)cc1)c1nc2ccc(F)cc2s1. The monoisotopic (exact) mass is 375 g/mol. The van der Waals surface area contributed by atoms with Crippen molar-refractivity contribution in [3.8, 4) is 0 Å². The Morgan fingerprint density at radius 1 is 1.04 bits per heavy atom. The molecular formula is C19H19F2N3OS. The van der Waals surface area contributed by atoms with Crippen LogP contribution in [0, 0.1) is 11.6 Å². The molecule has 26 heavy (non-hydrogen) atoms. The van der Waals surface area contributed by atoms with Gasteiger partial charge < -0.3 is 4.90 Å². The van der Waals surface area contributed by atoms with E-state index in [0.29, 0.717) is 27.5 Å². The van der Waals surface area contributed by atoms with Crippen LogP contribution in [0.5, 0.6) is 0 Å². The minimum absolute atomic E-state index is 0.247. The zero-order chi connectivity index (χ0) is 18.7. The zero-order valence-corrected chi connectivity index (χ0v) is 15.4. The van der Waals surface area contributed by atoms with Gasteiger partial charge in [0.1, 0.15) is 11.6 Å². The fraction of sp³-hybridized carbons (Fsp3) is 0.263. The second-order valence-electron chi connectivity index (χ2n) is 6.23. The number of amides is 1. The summed E-state index contributed by atoms with van der Waals surface area (Å²) in [5.41, 5.74) is 1.04. The molecule has 0 radical (unpaired) electrons. The number of fused-ring (bicyclic) bond motifs is 1. The number of benzene rings is 2. The number of thiazole rings is 1. The highest BCUT2D eigenvalue weighted by Crippen LogP contribution is 2.30. The normalized spacial score (nSPS) is 11.3. The number of hydrogen-bond donors (Lipinski definition) is 0. The van der Waals surface area contributed by atoms with Gasteiger partial charge in [-0.3, -0.25) is 9.69 Å². The molecule has 0 aliphatic rings. The molecule has 0 spiro atoms. The lowest BCUT2D eigenvalue weighted by atomic mass is 10.2. The van der Waals surface area contributed by atoms with Gasteiger partial charge in [-0.1, -0.05) is 11.3 Å². The van der Waals surface area contributed by atoms with E-state index in [2.05, 4.69) is 4.98 Å². The van der Waals surface area contributed by atoms with Gasteiger partial charge in [0.2, 0.25) is 0 Å².